The lowest BCUT2D eigenvalue weighted by molar-refractivity contribution is 0.0955. The lowest BCUT2D eigenvalue weighted by Crippen LogP contribution is -2.17. The molecule has 0 saturated heterocycles. The number of para-hydroxylation sites is 1. The van der Waals surface area contributed by atoms with Crippen molar-refractivity contribution < 1.29 is 4.79 Å². The highest BCUT2D eigenvalue weighted by Gasteiger charge is 2.06. The fraction of sp³-hybridized carbons (Fsp3) is 0.0455. The maximum atomic E-state index is 12.2. The molecule has 0 spiro atoms. The van der Waals surface area contributed by atoms with E-state index in [4.69, 9.17) is 0 Å². The Bertz CT molecular complexity index is 1120. The Morgan fingerprint density at radius 1 is 1.07 bits per heavy atom. The number of hydrogen-bond acceptors (Lipinski definition) is 5. The molecule has 4 aromatic rings. The summed E-state index contributed by atoms with van der Waals surface area (Å²) in [5.41, 5.74) is 6.23. The van der Waals surface area contributed by atoms with Gasteiger partial charge in [0, 0.05) is 15.8 Å². The van der Waals surface area contributed by atoms with Crippen molar-refractivity contribution in [2.45, 2.75) is 10.1 Å². The van der Waals surface area contributed by atoms with E-state index in [1.165, 1.54) is 4.70 Å². The number of thiazole rings is 1. The SMILES string of the molecule is O=C(NN=Cc1ccc(Br)cc1)c1ccc(CSc2nc3ccccc3s2)cc1. The molecule has 3 aromatic carbocycles. The molecule has 0 bridgehead atoms. The Morgan fingerprint density at radius 2 is 1.83 bits per heavy atom. The number of benzene rings is 3. The molecule has 0 aliphatic carbocycles. The first-order chi connectivity index (χ1) is 14.2. The van der Waals surface area contributed by atoms with Gasteiger partial charge in [0.15, 0.2) is 4.34 Å². The summed E-state index contributed by atoms with van der Waals surface area (Å²) in [6.45, 7) is 0. The quantitative estimate of drug-likeness (QED) is 0.205. The molecule has 0 fully saturated rings. The van der Waals surface area contributed by atoms with Crippen molar-refractivity contribution >= 4 is 61.4 Å². The fourth-order valence-electron chi connectivity index (χ4n) is 2.59. The van der Waals surface area contributed by atoms with Gasteiger partial charge in [0.1, 0.15) is 0 Å². The molecule has 0 atom stereocenters. The molecular weight excluding hydrogens is 466 g/mol. The van der Waals surface area contributed by atoms with Crippen molar-refractivity contribution in [3.63, 3.8) is 0 Å². The number of halogens is 1. The Morgan fingerprint density at radius 3 is 2.59 bits per heavy atom. The van der Waals surface area contributed by atoms with Crippen molar-refractivity contribution in [3.8, 4) is 0 Å². The van der Waals surface area contributed by atoms with E-state index in [2.05, 4.69) is 37.5 Å². The van der Waals surface area contributed by atoms with Crippen molar-refractivity contribution in [1.82, 2.24) is 10.4 Å². The third kappa shape index (κ3) is 5.32. The van der Waals surface area contributed by atoms with Crippen molar-refractivity contribution in [2.75, 3.05) is 0 Å². The number of fused-ring (bicyclic) bond motifs is 1. The fourth-order valence-corrected chi connectivity index (χ4v) is 4.88. The normalized spacial score (nSPS) is 11.2. The first-order valence-corrected chi connectivity index (χ1v) is 11.4. The Labute approximate surface area is 185 Å². The topological polar surface area (TPSA) is 54.4 Å². The van der Waals surface area contributed by atoms with E-state index in [1.54, 1.807) is 29.3 Å². The van der Waals surface area contributed by atoms with Gasteiger partial charge in [0.2, 0.25) is 0 Å². The summed E-state index contributed by atoms with van der Waals surface area (Å²) in [5.74, 6) is 0.576. The molecule has 1 aromatic heterocycles. The standard InChI is InChI=1S/C22H16BrN3OS2/c23-18-11-7-15(8-12-18)13-24-26-21(27)17-9-5-16(6-10-17)14-28-22-25-19-3-1-2-4-20(19)29-22/h1-13H,14H2,(H,26,27). The molecular formula is C22H16BrN3OS2. The van der Waals surface area contributed by atoms with Gasteiger partial charge in [-0.1, -0.05) is 64.1 Å². The van der Waals surface area contributed by atoms with Crippen LogP contribution in [0.3, 0.4) is 0 Å². The number of nitrogens with one attached hydrogen (secondary N) is 1. The molecule has 0 saturated carbocycles. The zero-order valence-electron chi connectivity index (χ0n) is 15.2. The Kier molecular flexibility index (Phi) is 6.39. The van der Waals surface area contributed by atoms with Crippen LogP contribution in [0.1, 0.15) is 21.5 Å². The predicted octanol–water partition coefficient (Wildman–Crippen LogP) is 6.12. The number of nitrogens with zero attached hydrogens (tertiary/aromatic N) is 2. The van der Waals surface area contributed by atoms with Gasteiger partial charge in [-0.3, -0.25) is 4.79 Å². The van der Waals surface area contributed by atoms with Gasteiger partial charge >= 0.3 is 0 Å². The van der Waals surface area contributed by atoms with E-state index >= 15 is 0 Å². The van der Waals surface area contributed by atoms with E-state index in [9.17, 15) is 4.79 Å². The molecule has 4 rings (SSSR count). The average Bonchev–Trinajstić information content (AvgIpc) is 3.17. The van der Waals surface area contributed by atoms with Gasteiger partial charge in [-0.15, -0.1) is 11.3 Å². The van der Waals surface area contributed by atoms with Gasteiger partial charge in [0.05, 0.1) is 16.4 Å². The van der Waals surface area contributed by atoms with Crippen molar-refractivity contribution in [1.29, 1.82) is 0 Å². The predicted molar refractivity (Wildman–Crippen MR) is 125 cm³/mol. The number of aromatic nitrogens is 1. The Balaban J connectivity index is 1.32. The number of rotatable bonds is 6. The van der Waals surface area contributed by atoms with Crippen LogP contribution in [0, 0.1) is 0 Å². The minimum atomic E-state index is -0.233. The largest absolute Gasteiger partial charge is 0.271 e. The molecule has 0 aliphatic rings. The van der Waals surface area contributed by atoms with E-state index in [-0.39, 0.29) is 5.91 Å². The smallest absolute Gasteiger partial charge is 0.267 e. The van der Waals surface area contributed by atoms with E-state index in [1.807, 2.05) is 66.7 Å². The lowest BCUT2D eigenvalue weighted by atomic mass is 10.1. The highest BCUT2D eigenvalue weighted by molar-refractivity contribution is 9.10. The highest BCUT2D eigenvalue weighted by Crippen LogP contribution is 2.31. The summed E-state index contributed by atoms with van der Waals surface area (Å²) in [6.07, 6.45) is 1.62. The van der Waals surface area contributed by atoms with Crippen LogP contribution in [0.4, 0.5) is 0 Å². The third-order valence-corrected chi connectivity index (χ3v) is 6.88. The van der Waals surface area contributed by atoms with Gasteiger partial charge in [-0.05, 0) is 47.5 Å². The zero-order chi connectivity index (χ0) is 20.1. The van der Waals surface area contributed by atoms with Gasteiger partial charge in [0.25, 0.3) is 5.91 Å². The van der Waals surface area contributed by atoms with Gasteiger partial charge in [-0.2, -0.15) is 5.10 Å². The van der Waals surface area contributed by atoms with Crippen LogP contribution >= 0.6 is 39.0 Å². The minimum Gasteiger partial charge on any atom is -0.267 e. The maximum absolute atomic E-state index is 12.2. The molecule has 0 unspecified atom stereocenters. The number of hydrazone groups is 1. The summed E-state index contributed by atoms with van der Waals surface area (Å²) in [7, 11) is 0. The molecule has 0 aliphatic heterocycles. The van der Waals surface area contributed by atoms with Crippen LogP contribution in [0.25, 0.3) is 10.2 Å². The first-order valence-electron chi connectivity index (χ1n) is 8.84. The van der Waals surface area contributed by atoms with Crippen LogP contribution in [0.2, 0.25) is 0 Å². The zero-order valence-corrected chi connectivity index (χ0v) is 18.4. The summed E-state index contributed by atoms with van der Waals surface area (Å²) in [6, 6.07) is 23.4. The maximum Gasteiger partial charge on any atom is 0.271 e. The van der Waals surface area contributed by atoms with Gasteiger partial charge < -0.3 is 0 Å². The molecule has 7 heteroatoms. The van der Waals surface area contributed by atoms with Crippen LogP contribution in [-0.2, 0) is 5.75 Å². The average molecular weight is 482 g/mol. The monoisotopic (exact) mass is 481 g/mol. The second-order valence-electron chi connectivity index (χ2n) is 6.18. The van der Waals surface area contributed by atoms with E-state index in [0.29, 0.717) is 5.56 Å². The number of carbonyl (C=O) groups is 1. The van der Waals surface area contributed by atoms with Crippen molar-refractivity contribution in [3.05, 3.63) is 94.0 Å². The van der Waals surface area contributed by atoms with Crippen LogP contribution in [-0.4, -0.2) is 17.1 Å². The molecule has 1 amide bonds. The van der Waals surface area contributed by atoms with Crippen LogP contribution in [0.15, 0.2) is 86.7 Å². The highest BCUT2D eigenvalue weighted by atomic mass is 79.9. The lowest BCUT2D eigenvalue weighted by Gasteiger charge is -2.03. The molecule has 0 radical (unpaired) electrons. The Hall–Kier alpha value is -2.48. The summed E-state index contributed by atoms with van der Waals surface area (Å²) in [4.78, 5) is 16.9. The van der Waals surface area contributed by atoms with Crippen LogP contribution in [0.5, 0.6) is 0 Å². The summed E-state index contributed by atoms with van der Waals surface area (Å²) in [5, 5.41) is 4.02. The summed E-state index contributed by atoms with van der Waals surface area (Å²) >= 11 is 6.79. The van der Waals surface area contributed by atoms with E-state index in [0.717, 1.165) is 31.2 Å². The molecule has 144 valence electrons. The molecule has 29 heavy (non-hydrogen) atoms. The van der Waals surface area contributed by atoms with Crippen LogP contribution < -0.4 is 5.43 Å². The van der Waals surface area contributed by atoms with Crippen molar-refractivity contribution in [2.24, 2.45) is 5.10 Å². The van der Waals surface area contributed by atoms with Gasteiger partial charge in [-0.25, -0.2) is 10.4 Å². The second kappa shape index (κ2) is 9.35. The number of amides is 1. The molecule has 1 heterocycles. The second-order valence-corrected chi connectivity index (χ2v) is 9.35. The number of carbonyl (C=O) groups excluding carboxylic acids is 1. The first kappa shape index (κ1) is 19.8. The molecule has 1 N–H and O–H groups in total. The minimum absolute atomic E-state index is 0.233. The number of thioether (sulfide) groups is 1. The van der Waals surface area contributed by atoms with E-state index < -0.39 is 0 Å². The number of hydrogen-bond donors (Lipinski definition) is 1. The summed E-state index contributed by atoms with van der Waals surface area (Å²) < 4.78 is 3.25. The third-order valence-electron chi connectivity index (χ3n) is 4.10. The molecule has 4 nitrogen and oxygen atoms in total.